The molecule has 2 atom stereocenters. The molecule has 0 aliphatic carbocycles. The molecule has 5 heteroatoms. The van der Waals surface area contributed by atoms with E-state index in [9.17, 15) is 13.5 Å². The van der Waals surface area contributed by atoms with Gasteiger partial charge in [-0.3, -0.25) is 4.55 Å². The van der Waals surface area contributed by atoms with Gasteiger partial charge in [-0.1, -0.05) is 58.3 Å². The summed E-state index contributed by atoms with van der Waals surface area (Å²) in [6.45, 7) is 3.59. The van der Waals surface area contributed by atoms with Crippen LogP contribution in [0, 0.1) is 0 Å². The molecule has 0 spiro atoms. The largest absolute Gasteiger partial charge is 0.392 e. The Kier molecular flexibility index (Phi) is 9.68. The molecule has 2 unspecified atom stereocenters. The standard InChI is InChI=1S/C13H28O4S/c1-3-4-5-6-7-8-9-10-11-13(12(2)14)18(15,16)17/h12-14H,3-11H2,1-2H3,(H,15,16,17). The zero-order chi connectivity index (χ0) is 14.0. The van der Waals surface area contributed by atoms with Gasteiger partial charge in [0.2, 0.25) is 0 Å². The second-order valence-electron chi connectivity index (χ2n) is 5.06. The summed E-state index contributed by atoms with van der Waals surface area (Å²) < 4.78 is 31.0. The molecule has 0 bridgehead atoms. The van der Waals surface area contributed by atoms with E-state index in [2.05, 4.69) is 6.92 Å². The van der Waals surface area contributed by atoms with Crippen molar-refractivity contribution < 1.29 is 18.1 Å². The van der Waals surface area contributed by atoms with E-state index in [1.54, 1.807) is 0 Å². The SMILES string of the molecule is CCCCCCCCCCC(C(C)O)S(=O)(=O)O. The fourth-order valence-electron chi connectivity index (χ4n) is 2.12. The Bertz CT molecular complexity index is 285. The van der Waals surface area contributed by atoms with Crippen molar-refractivity contribution >= 4 is 10.1 Å². The van der Waals surface area contributed by atoms with Gasteiger partial charge in [0.05, 0.1) is 6.10 Å². The molecular formula is C13H28O4S. The van der Waals surface area contributed by atoms with Crippen molar-refractivity contribution in [2.75, 3.05) is 0 Å². The molecule has 0 aliphatic heterocycles. The van der Waals surface area contributed by atoms with Crippen molar-refractivity contribution in [1.82, 2.24) is 0 Å². The quantitative estimate of drug-likeness (QED) is 0.450. The molecule has 0 aliphatic rings. The van der Waals surface area contributed by atoms with Crippen LogP contribution in [-0.4, -0.2) is 29.4 Å². The van der Waals surface area contributed by atoms with E-state index < -0.39 is 21.5 Å². The maximum atomic E-state index is 11.0. The third kappa shape index (κ3) is 8.89. The Balaban J connectivity index is 3.63. The molecule has 0 rings (SSSR count). The van der Waals surface area contributed by atoms with Crippen molar-refractivity contribution in [3.63, 3.8) is 0 Å². The van der Waals surface area contributed by atoms with Crippen molar-refractivity contribution in [2.45, 2.75) is 83.0 Å². The van der Waals surface area contributed by atoms with Gasteiger partial charge in [-0.05, 0) is 13.3 Å². The average Bonchev–Trinajstić information content (AvgIpc) is 2.24. The van der Waals surface area contributed by atoms with Gasteiger partial charge in [-0.2, -0.15) is 8.42 Å². The number of unbranched alkanes of at least 4 members (excludes halogenated alkanes) is 7. The summed E-state index contributed by atoms with van der Waals surface area (Å²) in [5.74, 6) is 0. The minimum absolute atomic E-state index is 0.339. The summed E-state index contributed by atoms with van der Waals surface area (Å²) in [7, 11) is -4.12. The van der Waals surface area contributed by atoms with Crippen LogP contribution < -0.4 is 0 Å². The lowest BCUT2D eigenvalue weighted by Gasteiger charge is -2.16. The van der Waals surface area contributed by atoms with E-state index >= 15 is 0 Å². The van der Waals surface area contributed by atoms with Gasteiger partial charge in [0.15, 0.2) is 0 Å². The fourth-order valence-corrected chi connectivity index (χ4v) is 3.08. The Morgan fingerprint density at radius 2 is 1.39 bits per heavy atom. The van der Waals surface area contributed by atoms with E-state index in [0.29, 0.717) is 6.42 Å². The lowest BCUT2D eigenvalue weighted by atomic mass is 10.1. The predicted molar refractivity (Wildman–Crippen MR) is 74.2 cm³/mol. The molecular weight excluding hydrogens is 252 g/mol. The van der Waals surface area contributed by atoms with Crippen molar-refractivity contribution in [2.24, 2.45) is 0 Å². The Hall–Kier alpha value is -0.130. The molecule has 0 saturated heterocycles. The van der Waals surface area contributed by atoms with Crippen LogP contribution in [0.15, 0.2) is 0 Å². The molecule has 0 aromatic rings. The van der Waals surface area contributed by atoms with E-state index in [0.717, 1.165) is 19.3 Å². The normalized spacial score (nSPS) is 15.6. The van der Waals surface area contributed by atoms with Gasteiger partial charge in [0.25, 0.3) is 10.1 Å². The van der Waals surface area contributed by atoms with Crippen LogP contribution >= 0.6 is 0 Å². The minimum Gasteiger partial charge on any atom is -0.392 e. The molecule has 0 saturated carbocycles. The van der Waals surface area contributed by atoms with Gasteiger partial charge < -0.3 is 5.11 Å². The molecule has 0 amide bonds. The van der Waals surface area contributed by atoms with Gasteiger partial charge >= 0.3 is 0 Å². The maximum absolute atomic E-state index is 11.0. The highest BCUT2D eigenvalue weighted by Gasteiger charge is 2.27. The molecule has 4 nitrogen and oxygen atoms in total. The van der Waals surface area contributed by atoms with Crippen molar-refractivity contribution in [3.05, 3.63) is 0 Å². The summed E-state index contributed by atoms with van der Waals surface area (Å²) in [5, 5.41) is 8.28. The number of hydrogen-bond acceptors (Lipinski definition) is 3. The Morgan fingerprint density at radius 3 is 1.78 bits per heavy atom. The number of rotatable bonds is 11. The average molecular weight is 280 g/mol. The first-order chi connectivity index (χ1) is 8.39. The Morgan fingerprint density at radius 1 is 0.944 bits per heavy atom. The van der Waals surface area contributed by atoms with Crippen LogP contribution in [0.5, 0.6) is 0 Å². The lowest BCUT2D eigenvalue weighted by Crippen LogP contribution is -2.31. The van der Waals surface area contributed by atoms with Crippen LogP contribution in [0.1, 0.15) is 71.6 Å². The summed E-state index contributed by atoms with van der Waals surface area (Å²) in [4.78, 5) is 0. The highest BCUT2D eigenvalue weighted by Crippen LogP contribution is 2.16. The molecule has 18 heavy (non-hydrogen) atoms. The minimum atomic E-state index is -4.12. The predicted octanol–water partition coefficient (Wildman–Crippen LogP) is 3.15. The summed E-state index contributed by atoms with van der Waals surface area (Å²) in [6, 6.07) is 0. The molecule has 2 N–H and O–H groups in total. The first-order valence-electron chi connectivity index (χ1n) is 7.04. The van der Waals surface area contributed by atoms with Crippen LogP contribution in [0.4, 0.5) is 0 Å². The number of aliphatic hydroxyl groups excluding tert-OH is 1. The van der Waals surface area contributed by atoms with E-state index in [1.807, 2.05) is 0 Å². The Labute approximate surface area is 112 Å². The monoisotopic (exact) mass is 280 g/mol. The molecule has 110 valence electrons. The molecule has 0 radical (unpaired) electrons. The van der Waals surface area contributed by atoms with Crippen LogP contribution in [0.25, 0.3) is 0 Å². The number of hydrogen-bond donors (Lipinski definition) is 2. The van der Waals surface area contributed by atoms with Crippen LogP contribution in [0.3, 0.4) is 0 Å². The second kappa shape index (κ2) is 9.75. The van der Waals surface area contributed by atoms with Crippen molar-refractivity contribution in [1.29, 1.82) is 0 Å². The van der Waals surface area contributed by atoms with Gasteiger partial charge in [-0.15, -0.1) is 0 Å². The highest BCUT2D eigenvalue weighted by molar-refractivity contribution is 7.86. The maximum Gasteiger partial charge on any atom is 0.270 e. The van der Waals surface area contributed by atoms with Crippen LogP contribution in [-0.2, 0) is 10.1 Å². The third-order valence-electron chi connectivity index (χ3n) is 3.26. The van der Waals surface area contributed by atoms with Gasteiger partial charge in [-0.25, -0.2) is 0 Å². The zero-order valence-electron chi connectivity index (χ0n) is 11.6. The summed E-state index contributed by atoms with van der Waals surface area (Å²) in [5.41, 5.74) is 0. The molecule has 0 fully saturated rings. The topological polar surface area (TPSA) is 74.6 Å². The first kappa shape index (κ1) is 17.9. The molecule has 0 aromatic heterocycles. The molecule has 0 aromatic carbocycles. The third-order valence-corrected chi connectivity index (χ3v) is 4.66. The van der Waals surface area contributed by atoms with Gasteiger partial charge in [0.1, 0.15) is 5.25 Å². The van der Waals surface area contributed by atoms with E-state index in [1.165, 1.54) is 39.0 Å². The van der Waals surface area contributed by atoms with Crippen LogP contribution in [0.2, 0.25) is 0 Å². The smallest absolute Gasteiger partial charge is 0.270 e. The van der Waals surface area contributed by atoms with Gasteiger partial charge in [0, 0.05) is 0 Å². The fraction of sp³-hybridized carbons (Fsp3) is 1.00. The zero-order valence-corrected chi connectivity index (χ0v) is 12.5. The van der Waals surface area contributed by atoms with E-state index in [4.69, 9.17) is 4.55 Å². The second-order valence-corrected chi connectivity index (χ2v) is 6.69. The summed E-state index contributed by atoms with van der Waals surface area (Å²) >= 11 is 0. The molecule has 0 heterocycles. The summed E-state index contributed by atoms with van der Waals surface area (Å²) in [6.07, 6.45) is 8.36. The van der Waals surface area contributed by atoms with Crippen molar-refractivity contribution in [3.8, 4) is 0 Å². The van der Waals surface area contributed by atoms with E-state index in [-0.39, 0.29) is 0 Å². The highest BCUT2D eigenvalue weighted by atomic mass is 32.2. The number of aliphatic hydroxyl groups is 1. The first-order valence-corrected chi connectivity index (χ1v) is 8.54. The lowest BCUT2D eigenvalue weighted by molar-refractivity contribution is 0.178.